The Kier molecular flexibility index (Phi) is 4.52. The van der Waals surface area contributed by atoms with E-state index >= 15 is 0 Å². The molecular weight excluding hydrogens is 342 g/mol. The van der Waals surface area contributed by atoms with E-state index in [9.17, 15) is 4.79 Å². The molecule has 0 spiro atoms. The molecule has 4 N–H and O–H groups in total. The van der Waals surface area contributed by atoms with Gasteiger partial charge >= 0.3 is 0 Å². The van der Waals surface area contributed by atoms with Crippen LogP contribution in [-0.4, -0.2) is 13.0 Å². The van der Waals surface area contributed by atoms with Crippen LogP contribution in [0, 0.1) is 0 Å². The summed E-state index contributed by atoms with van der Waals surface area (Å²) in [6.45, 7) is 0. The fourth-order valence-corrected chi connectivity index (χ4v) is 2.21. The van der Waals surface area contributed by atoms with Crippen LogP contribution >= 0.6 is 27.5 Å². The Labute approximate surface area is 130 Å². The molecule has 0 aliphatic heterocycles. The van der Waals surface area contributed by atoms with Crippen LogP contribution in [0.5, 0.6) is 0 Å². The van der Waals surface area contributed by atoms with E-state index in [0.717, 1.165) is 4.47 Å². The van der Waals surface area contributed by atoms with Crippen LogP contribution < -0.4 is 16.4 Å². The summed E-state index contributed by atoms with van der Waals surface area (Å²) in [7, 11) is 1.58. The summed E-state index contributed by atoms with van der Waals surface area (Å²) in [5, 5.41) is 6.27. The van der Waals surface area contributed by atoms with Crippen LogP contribution in [-0.2, 0) is 0 Å². The largest absolute Gasteiger partial charge is 0.397 e. The van der Waals surface area contributed by atoms with Gasteiger partial charge in [0.05, 0.1) is 22.1 Å². The number of halogens is 2. The highest BCUT2D eigenvalue weighted by molar-refractivity contribution is 9.10. The van der Waals surface area contributed by atoms with Crippen molar-refractivity contribution in [2.75, 3.05) is 18.1 Å². The normalized spacial score (nSPS) is 10.2. The predicted molar refractivity (Wildman–Crippen MR) is 86.7 cm³/mol. The molecule has 1 amide bonds. The molecule has 0 radical (unpaired) electrons. The number of hydrogen-bond acceptors (Lipinski definition) is 3. The molecule has 0 unspecified atom stereocenters. The van der Waals surface area contributed by atoms with Gasteiger partial charge in [0.2, 0.25) is 0 Å². The average molecular weight is 355 g/mol. The molecule has 0 bridgehead atoms. The van der Waals surface area contributed by atoms with Crippen molar-refractivity contribution in [1.82, 2.24) is 5.32 Å². The Morgan fingerprint density at radius 1 is 1.20 bits per heavy atom. The lowest BCUT2D eigenvalue weighted by Gasteiger charge is -2.12. The molecule has 2 rings (SSSR count). The quantitative estimate of drug-likeness (QED) is 0.735. The van der Waals surface area contributed by atoms with Gasteiger partial charge in [-0.1, -0.05) is 27.5 Å². The van der Waals surface area contributed by atoms with Crippen LogP contribution in [0.25, 0.3) is 0 Å². The summed E-state index contributed by atoms with van der Waals surface area (Å²) < 4.78 is 0.894. The van der Waals surface area contributed by atoms with Crippen molar-refractivity contribution in [3.05, 3.63) is 51.5 Å². The van der Waals surface area contributed by atoms with Crippen LogP contribution in [0.1, 0.15) is 10.4 Å². The van der Waals surface area contributed by atoms with E-state index in [-0.39, 0.29) is 5.91 Å². The van der Waals surface area contributed by atoms with Crippen LogP contribution in [0.3, 0.4) is 0 Å². The van der Waals surface area contributed by atoms with E-state index in [1.54, 1.807) is 31.3 Å². The topological polar surface area (TPSA) is 67.2 Å². The first-order chi connectivity index (χ1) is 9.51. The molecule has 6 heteroatoms. The third-order valence-corrected chi connectivity index (χ3v) is 3.56. The van der Waals surface area contributed by atoms with Crippen molar-refractivity contribution in [2.45, 2.75) is 0 Å². The SMILES string of the molecule is CNC(=O)c1ccc(N)c(Nc2cc(Br)ccc2Cl)c1. The molecule has 0 aliphatic rings. The van der Waals surface area contributed by atoms with Crippen LogP contribution in [0.4, 0.5) is 17.1 Å². The van der Waals surface area contributed by atoms with Crippen molar-refractivity contribution in [3.63, 3.8) is 0 Å². The zero-order chi connectivity index (χ0) is 14.7. The maximum Gasteiger partial charge on any atom is 0.251 e. The summed E-state index contributed by atoms with van der Waals surface area (Å²) in [5.41, 5.74) is 8.32. The zero-order valence-electron chi connectivity index (χ0n) is 10.7. The van der Waals surface area contributed by atoms with Gasteiger partial charge in [-0.25, -0.2) is 0 Å². The number of hydrogen-bond donors (Lipinski definition) is 3. The summed E-state index contributed by atoms with van der Waals surface area (Å²) in [5.74, 6) is -0.173. The van der Waals surface area contributed by atoms with Crippen molar-refractivity contribution in [3.8, 4) is 0 Å². The molecule has 2 aromatic carbocycles. The Morgan fingerprint density at radius 3 is 2.65 bits per heavy atom. The number of carbonyl (C=O) groups is 1. The number of nitrogen functional groups attached to an aromatic ring is 1. The molecule has 0 saturated carbocycles. The summed E-state index contributed by atoms with van der Waals surface area (Å²) in [6.07, 6.45) is 0. The first kappa shape index (κ1) is 14.7. The monoisotopic (exact) mass is 353 g/mol. The molecule has 0 atom stereocenters. The second kappa shape index (κ2) is 6.15. The molecule has 20 heavy (non-hydrogen) atoms. The van der Waals surface area contributed by atoms with Crippen LogP contribution in [0.2, 0.25) is 5.02 Å². The minimum atomic E-state index is -0.173. The third kappa shape index (κ3) is 3.23. The van der Waals surface area contributed by atoms with Gasteiger partial charge in [-0.2, -0.15) is 0 Å². The van der Waals surface area contributed by atoms with Gasteiger partial charge < -0.3 is 16.4 Å². The second-order valence-corrected chi connectivity index (χ2v) is 5.45. The number of amides is 1. The number of benzene rings is 2. The lowest BCUT2D eigenvalue weighted by Crippen LogP contribution is -2.18. The number of anilines is 3. The van der Waals surface area contributed by atoms with Crippen molar-refractivity contribution in [1.29, 1.82) is 0 Å². The Bertz CT molecular complexity index is 661. The van der Waals surface area contributed by atoms with Gasteiger partial charge in [-0.3, -0.25) is 4.79 Å². The molecule has 0 aromatic heterocycles. The van der Waals surface area contributed by atoms with E-state index < -0.39 is 0 Å². The van der Waals surface area contributed by atoms with Crippen molar-refractivity contribution < 1.29 is 4.79 Å². The van der Waals surface area contributed by atoms with Gasteiger partial charge in [-0.15, -0.1) is 0 Å². The van der Waals surface area contributed by atoms with E-state index in [1.165, 1.54) is 0 Å². The van der Waals surface area contributed by atoms with Gasteiger partial charge in [0.25, 0.3) is 5.91 Å². The first-order valence-electron chi connectivity index (χ1n) is 5.85. The molecule has 2 aromatic rings. The predicted octanol–water partition coefficient (Wildman–Crippen LogP) is 3.79. The van der Waals surface area contributed by atoms with Crippen LogP contribution in [0.15, 0.2) is 40.9 Å². The van der Waals surface area contributed by atoms with Crippen molar-refractivity contribution in [2.24, 2.45) is 0 Å². The molecule has 4 nitrogen and oxygen atoms in total. The molecule has 0 aliphatic carbocycles. The number of rotatable bonds is 3. The second-order valence-electron chi connectivity index (χ2n) is 4.13. The smallest absolute Gasteiger partial charge is 0.251 e. The fourth-order valence-electron chi connectivity index (χ4n) is 1.69. The third-order valence-electron chi connectivity index (χ3n) is 2.74. The molecule has 0 heterocycles. The van der Waals surface area contributed by atoms with E-state index in [1.807, 2.05) is 12.1 Å². The highest BCUT2D eigenvalue weighted by atomic mass is 79.9. The lowest BCUT2D eigenvalue weighted by atomic mass is 10.1. The maximum absolute atomic E-state index is 11.6. The molecule has 0 fully saturated rings. The Morgan fingerprint density at radius 2 is 1.95 bits per heavy atom. The van der Waals surface area contributed by atoms with Gasteiger partial charge in [0.15, 0.2) is 0 Å². The number of carbonyl (C=O) groups excluding carboxylic acids is 1. The Balaban J connectivity index is 2.37. The number of nitrogens with one attached hydrogen (secondary N) is 2. The highest BCUT2D eigenvalue weighted by Crippen LogP contribution is 2.31. The first-order valence-corrected chi connectivity index (χ1v) is 7.02. The fraction of sp³-hybridized carbons (Fsp3) is 0.0714. The minimum Gasteiger partial charge on any atom is -0.397 e. The van der Waals surface area contributed by atoms with Crippen molar-refractivity contribution >= 4 is 50.5 Å². The standard InChI is InChI=1S/C14H13BrClN3O/c1-18-14(20)8-2-5-11(17)13(6-8)19-12-7-9(15)3-4-10(12)16/h2-7,19H,17H2,1H3,(H,18,20). The average Bonchev–Trinajstić information content (AvgIpc) is 2.44. The molecule has 0 saturated heterocycles. The van der Waals surface area contributed by atoms with Gasteiger partial charge in [0, 0.05) is 17.1 Å². The summed E-state index contributed by atoms with van der Waals surface area (Å²) >= 11 is 9.51. The van der Waals surface area contributed by atoms with Gasteiger partial charge in [-0.05, 0) is 36.4 Å². The Hall–Kier alpha value is -1.72. The minimum absolute atomic E-state index is 0.173. The van der Waals surface area contributed by atoms with E-state index in [4.69, 9.17) is 17.3 Å². The summed E-state index contributed by atoms with van der Waals surface area (Å²) in [4.78, 5) is 11.6. The van der Waals surface area contributed by atoms with E-state index in [2.05, 4.69) is 26.6 Å². The molecular formula is C14H13BrClN3O. The number of nitrogens with two attached hydrogens (primary N) is 1. The lowest BCUT2D eigenvalue weighted by molar-refractivity contribution is 0.0963. The van der Waals surface area contributed by atoms with Gasteiger partial charge in [0.1, 0.15) is 0 Å². The van der Waals surface area contributed by atoms with E-state index in [0.29, 0.717) is 27.6 Å². The molecule has 104 valence electrons. The highest BCUT2D eigenvalue weighted by Gasteiger charge is 2.09. The maximum atomic E-state index is 11.6. The zero-order valence-corrected chi connectivity index (χ0v) is 13.0. The summed E-state index contributed by atoms with van der Waals surface area (Å²) in [6, 6.07) is 10.5.